The minimum absolute atomic E-state index is 0. The van der Waals surface area contributed by atoms with Gasteiger partial charge in [-0.15, -0.1) is 0 Å². The Labute approximate surface area is 144 Å². The molecule has 0 saturated heterocycles. The molecular weight excluding hydrogens is 326 g/mol. The lowest BCUT2D eigenvalue weighted by Gasteiger charge is -1.99. The quantitative estimate of drug-likeness (QED) is 0.320. The molecule has 3 aromatic heterocycles. The van der Waals surface area contributed by atoms with Crippen molar-refractivity contribution in [3.8, 4) is 0 Å². The maximum Gasteiger partial charge on any atom is 0.378 e. The normalized spacial score (nSPS) is 10.9. The minimum Gasteiger partial charge on any atom is -1.00 e. The second-order valence-electron chi connectivity index (χ2n) is 5.47. The summed E-state index contributed by atoms with van der Waals surface area (Å²) in [6.45, 7) is 4.44. The van der Waals surface area contributed by atoms with Gasteiger partial charge in [0.2, 0.25) is 12.0 Å². The predicted molar refractivity (Wildman–Crippen MR) is 88.5 cm³/mol. The summed E-state index contributed by atoms with van der Waals surface area (Å²) < 4.78 is 8.79. The van der Waals surface area contributed by atoms with Crippen LogP contribution >= 0.6 is 0 Å². The number of H-pyrrole nitrogens is 1. The molecule has 1 N–H and O–H groups in total. The van der Waals surface area contributed by atoms with E-state index in [2.05, 4.69) is 11.6 Å². The third-order valence-electron chi connectivity index (χ3n) is 4.09. The number of rotatable bonds is 3. The van der Waals surface area contributed by atoms with Crippen LogP contribution < -0.4 is 17.0 Å². The van der Waals surface area contributed by atoms with Crippen LogP contribution in [0.15, 0.2) is 55.5 Å². The summed E-state index contributed by atoms with van der Waals surface area (Å²) in [5.41, 5.74) is 3.48. The van der Waals surface area contributed by atoms with Gasteiger partial charge in [0.25, 0.3) is 0 Å². The maximum atomic E-state index is 12.2. The zero-order valence-corrected chi connectivity index (χ0v) is 13.9. The van der Waals surface area contributed by atoms with Crippen molar-refractivity contribution in [2.75, 3.05) is 7.11 Å². The Morgan fingerprint density at radius 2 is 2.17 bits per heavy atom. The Balaban J connectivity index is 0.00000169. The van der Waals surface area contributed by atoms with Crippen molar-refractivity contribution in [2.24, 2.45) is 0 Å². The number of benzene rings is 1. The van der Waals surface area contributed by atoms with Crippen molar-refractivity contribution < 1.29 is 26.5 Å². The molecule has 0 unspecified atom stereocenters. The zero-order valence-electron chi connectivity index (χ0n) is 13.1. The summed E-state index contributed by atoms with van der Waals surface area (Å²) in [5, 5.41) is 2.10. The van der Waals surface area contributed by atoms with E-state index in [0.717, 1.165) is 27.3 Å². The van der Waals surface area contributed by atoms with Crippen LogP contribution in [0, 0.1) is 0 Å². The molecule has 0 bridgehead atoms. The topological polar surface area (TPSA) is 50.4 Å². The van der Waals surface area contributed by atoms with Crippen LogP contribution in [0.3, 0.4) is 0 Å². The maximum absolute atomic E-state index is 12.2. The summed E-state index contributed by atoms with van der Waals surface area (Å²) in [7, 11) is 1.40. The van der Waals surface area contributed by atoms with Crippen LogP contribution in [-0.2, 0) is 11.3 Å². The molecule has 0 aliphatic rings. The third-order valence-corrected chi connectivity index (χ3v) is 4.09. The molecule has 0 fully saturated rings. The van der Waals surface area contributed by atoms with Crippen molar-refractivity contribution in [3.63, 3.8) is 0 Å². The lowest BCUT2D eigenvalue weighted by Crippen LogP contribution is -3.00. The number of methoxy groups -OCH3 is 1. The number of aromatic nitrogens is 3. The van der Waals surface area contributed by atoms with Crippen molar-refractivity contribution in [3.05, 3.63) is 61.2 Å². The van der Waals surface area contributed by atoms with Gasteiger partial charge in [0.05, 0.1) is 12.6 Å². The number of carbonyl (C=O) groups is 1. The molecule has 0 aliphatic heterocycles. The molecule has 0 atom stereocenters. The lowest BCUT2D eigenvalue weighted by molar-refractivity contribution is -0.685. The van der Waals surface area contributed by atoms with Gasteiger partial charge in [-0.1, -0.05) is 30.9 Å². The van der Waals surface area contributed by atoms with Crippen LogP contribution in [0.4, 0.5) is 0 Å². The number of allylic oxidation sites excluding steroid dienone is 1. The molecule has 0 aliphatic carbocycles. The van der Waals surface area contributed by atoms with E-state index in [9.17, 15) is 4.79 Å². The largest absolute Gasteiger partial charge is 1.00 e. The van der Waals surface area contributed by atoms with Crippen LogP contribution in [0.5, 0.6) is 0 Å². The highest BCUT2D eigenvalue weighted by atomic mass is 35.5. The molecule has 4 aromatic rings. The number of nitrogens with zero attached hydrogens (tertiary/aromatic N) is 2. The summed E-state index contributed by atoms with van der Waals surface area (Å²) in [4.78, 5) is 15.7. The molecule has 3 heterocycles. The van der Waals surface area contributed by atoms with E-state index in [1.807, 2.05) is 57.9 Å². The Morgan fingerprint density at radius 1 is 1.38 bits per heavy atom. The van der Waals surface area contributed by atoms with E-state index >= 15 is 0 Å². The Morgan fingerprint density at radius 3 is 2.92 bits per heavy atom. The van der Waals surface area contributed by atoms with Crippen molar-refractivity contribution >= 4 is 33.3 Å². The average Bonchev–Trinajstić information content (AvgIpc) is 3.14. The number of nitrogens with one attached hydrogen (secondary N) is 1. The lowest BCUT2D eigenvalue weighted by atomic mass is 10.1. The van der Waals surface area contributed by atoms with Gasteiger partial charge in [0, 0.05) is 22.4 Å². The summed E-state index contributed by atoms with van der Waals surface area (Å²) >= 11 is 0. The Hall–Kier alpha value is -2.79. The number of halogens is 1. The molecule has 6 heteroatoms. The fourth-order valence-electron chi connectivity index (χ4n) is 3.07. The second-order valence-corrected chi connectivity index (χ2v) is 5.47. The highest BCUT2D eigenvalue weighted by molar-refractivity contribution is 6.13. The van der Waals surface area contributed by atoms with Gasteiger partial charge in [-0.3, -0.25) is 0 Å². The molecule has 0 spiro atoms. The highest BCUT2D eigenvalue weighted by Crippen LogP contribution is 2.29. The first-order valence-corrected chi connectivity index (χ1v) is 7.36. The van der Waals surface area contributed by atoms with E-state index in [1.54, 1.807) is 0 Å². The predicted octanol–water partition coefficient (Wildman–Crippen LogP) is -0.162. The van der Waals surface area contributed by atoms with Crippen molar-refractivity contribution in [2.45, 2.75) is 6.54 Å². The molecule has 5 nitrogen and oxygen atoms in total. The van der Waals surface area contributed by atoms with Crippen LogP contribution in [0.1, 0.15) is 10.5 Å². The monoisotopic (exact) mass is 341 g/mol. The third kappa shape index (κ3) is 2.25. The van der Waals surface area contributed by atoms with Crippen LogP contribution in [-0.4, -0.2) is 22.5 Å². The van der Waals surface area contributed by atoms with E-state index in [4.69, 9.17) is 4.74 Å². The number of hydrogen-bond acceptors (Lipinski definition) is 2. The SMILES string of the molecule is C=CC[n+]1cc2c3[nH]c4ccccc4c3cc(C(=O)OC)n2c1.[Cl-]. The average molecular weight is 342 g/mol. The first-order chi connectivity index (χ1) is 11.2. The number of para-hydroxylation sites is 1. The van der Waals surface area contributed by atoms with Crippen LogP contribution in [0.25, 0.3) is 27.3 Å². The Bertz CT molecular complexity index is 1080. The molecule has 0 amide bonds. The molecule has 122 valence electrons. The van der Waals surface area contributed by atoms with Gasteiger partial charge in [-0.05, 0) is 6.07 Å². The molecule has 0 saturated carbocycles. The summed E-state index contributed by atoms with van der Waals surface area (Å²) in [6, 6.07) is 9.95. The minimum atomic E-state index is -0.358. The number of fused-ring (bicyclic) bond motifs is 5. The van der Waals surface area contributed by atoms with E-state index in [1.165, 1.54) is 7.11 Å². The molecule has 1 aromatic carbocycles. The van der Waals surface area contributed by atoms with Crippen LogP contribution in [0.2, 0.25) is 0 Å². The van der Waals surface area contributed by atoms with E-state index < -0.39 is 0 Å². The summed E-state index contributed by atoms with van der Waals surface area (Å²) in [6.07, 6.45) is 5.71. The Kier molecular flexibility index (Phi) is 4.03. The number of ether oxygens (including phenoxy) is 1. The smallest absolute Gasteiger partial charge is 0.378 e. The summed E-state index contributed by atoms with van der Waals surface area (Å²) in [5.74, 6) is -0.358. The zero-order chi connectivity index (χ0) is 16.0. The number of hydrogen-bond donors (Lipinski definition) is 1. The fourth-order valence-corrected chi connectivity index (χ4v) is 3.07. The van der Waals surface area contributed by atoms with Gasteiger partial charge in [0.15, 0.2) is 5.52 Å². The van der Waals surface area contributed by atoms with Gasteiger partial charge in [0.1, 0.15) is 12.7 Å². The van der Waals surface area contributed by atoms with Gasteiger partial charge in [-0.2, -0.15) is 4.40 Å². The number of esters is 1. The molecule has 0 radical (unpaired) electrons. The number of carbonyl (C=O) groups excluding carboxylic acids is 1. The highest BCUT2D eigenvalue weighted by Gasteiger charge is 2.22. The van der Waals surface area contributed by atoms with Gasteiger partial charge < -0.3 is 22.1 Å². The number of aromatic amines is 1. The number of imidazole rings is 1. The first kappa shape index (κ1) is 16.1. The first-order valence-electron chi connectivity index (χ1n) is 7.36. The van der Waals surface area contributed by atoms with Gasteiger partial charge in [-0.25, -0.2) is 9.36 Å². The molecular formula is C18H16ClN3O2. The van der Waals surface area contributed by atoms with E-state index in [-0.39, 0.29) is 18.4 Å². The number of pyridine rings is 1. The van der Waals surface area contributed by atoms with E-state index in [0.29, 0.717) is 12.2 Å². The molecule has 4 rings (SSSR count). The second kappa shape index (κ2) is 6.02. The van der Waals surface area contributed by atoms with Gasteiger partial charge >= 0.3 is 5.97 Å². The fraction of sp³-hybridized carbons (Fsp3) is 0.111. The molecule has 24 heavy (non-hydrogen) atoms. The standard InChI is InChI=1S/C18H15N3O2.ClH/c1-3-8-20-10-16-17-13(12-6-4-5-7-14(12)19-17)9-15(18(22)23-2)21(16)11-20;/h3-7,9-11H,1,8H2,2H3;1H. The van der Waals surface area contributed by atoms with Crippen molar-refractivity contribution in [1.29, 1.82) is 0 Å². The van der Waals surface area contributed by atoms with Crippen molar-refractivity contribution in [1.82, 2.24) is 9.38 Å².